The van der Waals surface area contributed by atoms with Gasteiger partial charge in [0.15, 0.2) is 0 Å². The van der Waals surface area contributed by atoms with Crippen LogP contribution in [0.3, 0.4) is 0 Å². The van der Waals surface area contributed by atoms with Crippen molar-refractivity contribution in [2.75, 3.05) is 13.1 Å². The Morgan fingerprint density at radius 1 is 0.365 bits per heavy atom. The van der Waals surface area contributed by atoms with Gasteiger partial charge in [0, 0.05) is 18.4 Å². The van der Waals surface area contributed by atoms with Gasteiger partial charge in [-0.15, -0.1) is 0 Å². The van der Waals surface area contributed by atoms with Crippen LogP contribution in [-0.2, 0) is 4.79 Å². The molecule has 0 aliphatic heterocycles. The van der Waals surface area contributed by atoms with Crippen molar-refractivity contribution < 1.29 is 39.5 Å². The summed E-state index contributed by atoms with van der Waals surface area (Å²) in [5.74, 6) is -0.903. The van der Waals surface area contributed by atoms with Crippen LogP contribution in [0.1, 0.15) is 284 Å². The maximum atomic E-state index is 11.3. The maximum Gasteiger partial charge on any atom is 1.00 e. The summed E-state index contributed by atoms with van der Waals surface area (Å²) >= 11 is 0. The number of nitrogens with zero attached hydrogens (tertiary/aromatic N) is 1. The third-order valence-corrected chi connectivity index (χ3v) is 11.7. The van der Waals surface area contributed by atoms with Crippen LogP contribution in [-0.4, -0.2) is 30.0 Å². The molecule has 0 N–H and O–H groups in total. The molecule has 0 fully saturated rings. The van der Waals surface area contributed by atoms with E-state index in [1.807, 2.05) is 0 Å². The molecular weight excluding hydrogens is 646 g/mol. The van der Waals surface area contributed by atoms with Crippen molar-refractivity contribution in [3.63, 3.8) is 0 Å². The number of carboxylic acids is 1. The Balaban J connectivity index is 0. The summed E-state index contributed by atoms with van der Waals surface area (Å²) < 4.78 is 0. The quantitative estimate of drug-likeness (QED) is 0.0461. The minimum absolute atomic E-state index is 0. The molecule has 0 aliphatic carbocycles. The average Bonchev–Trinajstić information content (AvgIpc) is 3.12. The van der Waals surface area contributed by atoms with Gasteiger partial charge in [-0.05, 0) is 32.9 Å². The third kappa shape index (κ3) is 44.8. The number of hydrogen-bond acceptors (Lipinski definition) is 3. The molecule has 0 aliphatic rings. The van der Waals surface area contributed by atoms with Gasteiger partial charge in [0.05, 0.1) is 0 Å². The van der Waals surface area contributed by atoms with Crippen LogP contribution < -0.4 is 34.7 Å². The molecule has 0 spiro atoms. The molecule has 0 bridgehead atoms. The van der Waals surface area contributed by atoms with E-state index in [2.05, 4.69) is 25.7 Å². The van der Waals surface area contributed by atoms with Crippen LogP contribution in [0.4, 0.5) is 0 Å². The van der Waals surface area contributed by atoms with E-state index in [1.54, 1.807) is 0 Å². The maximum absolute atomic E-state index is 11.3. The zero-order valence-electron chi connectivity index (χ0n) is 36.7. The summed E-state index contributed by atoms with van der Waals surface area (Å²) in [6, 6.07) is 0.0932. The van der Waals surface area contributed by atoms with Gasteiger partial charge in [-0.1, -0.05) is 258 Å². The number of carbonyl (C=O) groups is 1. The fourth-order valence-electron chi connectivity index (χ4n) is 8.06. The first-order valence-corrected chi connectivity index (χ1v) is 24.1. The van der Waals surface area contributed by atoms with E-state index >= 15 is 0 Å². The third-order valence-electron chi connectivity index (χ3n) is 11.7. The molecular formula is C48H96NNaO2. The molecule has 1 unspecified atom stereocenters. The van der Waals surface area contributed by atoms with Crippen LogP contribution in [0.15, 0.2) is 0 Å². The first-order chi connectivity index (χ1) is 25.1. The fraction of sp³-hybridized carbons (Fsp3) is 0.979. The first kappa shape index (κ1) is 54.5. The SMILES string of the molecule is CCCCCCCCCCCCCCCCCCCCCCN(CCCCCCCCCCCCCCCCCCCCCC)C(C)CC(=O)[O-].[Na+]. The van der Waals surface area contributed by atoms with E-state index < -0.39 is 5.97 Å². The fourth-order valence-corrected chi connectivity index (χ4v) is 8.06. The van der Waals surface area contributed by atoms with Crippen molar-refractivity contribution in [1.29, 1.82) is 0 Å². The average molecular weight is 742 g/mol. The minimum Gasteiger partial charge on any atom is -0.550 e. The number of hydrogen-bond donors (Lipinski definition) is 0. The Labute approximate surface area is 351 Å². The van der Waals surface area contributed by atoms with Crippen molar-refractivity contribution in [3.8, 4) is 0 Å². The van der Waals surface area contributed by atoms with E-state index in [4.69, 9.17) is 0 Å². The van der Waals surface area contributed by atoms with Crippen LogP contribution in [0.25, 0.3) is 0 Å². The molecule has 306 valence electrons. The predicted octanol–water partition coefficient (Wildman–Crippen LogP) is 12.5. The predicted molar refractivity (Wildman–Crippen MR) is 227 cm³/mol. The van der Waals surface area contributed by atoms with Crippen LogP contribution in [0, 0.1) is 0 Å². The molecule has 0 heterocycles. The first-order valence-electron chi connectivity index (χ1n) is 24.1. The van der Waals surface area contributed by atoms with Gasteiger partial charge in [0.25, 0.3) is 0 Å². The smallest absolute Gasteiger partial charge is 0.550 e. The number of unbranched alkanes of at least 4 members (excludes halogenated alkanes) is 38. The summed E-state index contributed by atoms with van der Waals surface area (Å²) in [5.41, 5.74) is 0. The van der Waals surface area contributed by atoms with Crippen molar-refractivity contribution in [3.05, 3.63) is 0 Å². The molecule has 0 radical (unpaired) electrons. The van der Waals surface area contributed by atoms with Crippen LogP contribution in [0.5, 0.6) is 0 Å². The Kier molecular flexibility index (Phi) is 49.9. The number of aliphatic carboxylic acids is 1. The molecule has 0 aromatic heterocycles. The second kappa shape index (κ2) is 47.6. The molecule has 0 saturated carbocycles. The Morgan fingerprint density at radius 2 is 0.538 bits per heavy atom. The number of carbonyl (C=O) groups excluding carboxylic acids is 1. The van der Waals surface area contributed by atoms with Gasteiger partial charge < -0.3 is 14.8 Å². The summed E-state index contributed by atoms with van der Waals surface area (Å²) in [6.45, 7) is 8.78. The molecule has 0 aromatic carbocycles. The van der Waals surface area contributed by atoms with Gasteiger partial charge in [0.2, 0.25) is 0 Å². The normalized spacial score (nSPS) is 12.1. The van der Waals surface area contributed by atoms with Crippen LogP contribution in [0.2, 0.25) is 0 Å². The monoisotopic (exact) mass is 742 g/mol. The molecule has 0 amide bonds. The van der Waals surface area contributed by atoms with Gasteiger partial charge in [-0.2, -0.15) is 0 Å². The summed E-state index contributed by atoms with van der Waals surface area (Å²) in [5, 5.41) is 11.3. The van der Waals surface area contributed by atoms with Gasteiger partial charge >= 0.3 is 29.6 Å². The standard InChI is InChI=1S/C48H97NO2.Na/c1-4-6-8-10-12-14-16-18-20-22-24-26-28-30-32-34-36-38-40-42-44-49(47(3)46-48(50)51)45-43-41-39-37-35-33-31-29-27-25-23-21-19-17-15-13-11-9-7-5-2;/h47H,4-46H2,1-3H3,(H,50,51);/q;+1/p-1. The zero-order chi connectivity index (χ0) is 37.1. The molecule has 1 atom stereocenters. The summed E-state index contributed by atoms with van der Waals surface area (Å²) in [6.07, 6.45) is 56.5. The second-order valence-electron chi connectivity index (χ2n) is 16.9. The van der Waals surface area contributed by atoms with Gasteiger partial charge in [-0.25, -0.2) is 0 Å². The van der Waals surface area contributed by atoms with Gasteiger partial charge in [0.1, 0.15) is 0 Å². The van der Waals surface area contributed by atoms with E-state index in [0.717, 1.165) is 13.1 Å². The Morgan fingerprint density at radius 3 is 0.712 bits per heavy atom. The van der Waals surface area contributed by atoms with E-state index in [9.17, 15) is 9.90 Å². The minimum atomic E-state index is -0.903. The molecule has 0 rings (SSSR count). The summed E-state index contributed by atoms with van der Waals surface area (Å²) in [7, 11) is 0. The van der Waals surface area contributed by atoms with Crippen molar-refractivity contribution in [1.82, 2.24) is 4.90 Å². The van der Waals surface area contributed by atoms with E-state index in [-0.39, 0.29) is 42.0 Å². The topological polar surface area (TPSA) is 43.4 Å². The van der Waals surface area contributed by atoms with Crippen molar-refractivity contribution in [2.45, 2.75) is 290 Å². The summed E-state index contributed by atoms with van der Waals surface area (Å²) in [4.78, 5) is 13.7. The van der Waals surface area contributed by atoms with Crippen molar-refractivity contribution in [2.24, 2.45) is 0 Å². The number of carboxylic acid groups (broad SMARTS) is 1. The molecule has 52 heavy (non-hydrogen) atoms. The van der Waals surface area contributed by atoms with Gasteiger partial charge in [-0.3, -0.25) is 0 Å². The molecule has 3 nitrogen and oxygen atoms in total. The second-order valence-corrected chi connectivity index (χ2v) is 16.9. The molecule has 0 aromatic rings. The largest absolute Gasteiger partial charge is 1.00 e. The molecule has 4 heteroatoms. The number of rotatable bonds is 45. The Hall–Kier alpha value is 0.430. The van der Waals surface area contributed by atoms with Crippen LogP contribution >= 0.6 is 0 Å². The Bertz CT molecular complexity index is 614. The van der Waals surface area contributed by atoms with E-state index in [0.29, 0.717) is 0 Å². The van der Waals surface area contributed by atoms with E-state index in [1.165, 1.54) is 257 Å². The molecule has 0 saturated heterocycles. The zero-order valence-corrected chi connectivity index (χ0v) is 38.7. The van der Waals surface area contributed by atoms with Crippen molar-refractivity contribution >= 4 is 5.97 Å².